The van der Waals surface area contributed by atoms with Gasteiger partial charge >= 0.3 is 0 Å². The van der Waals surface area contributed by atoms with Crippen molar-refractivity contribution in [3.63, 3.8) is 0 Å². The van der Waals surface area contributed by atoms with E-state index in [4.69, 9.17) is 15.2 Å². The summed E-state index contributed by atoms with van der Waals surface area (Å²) < 4.78 is 23.3. The predicted octanol–water partition coefficient (Wildman–Crippen LogP) is 0.422. The fraction of sp³-hybridized carbons (Fsp3) is 1.00. The Morgan fingerprint density at radius 2 is 2.31 bits per heavy atom. The minimum Gasteiger partial charge on any atom is -0.378 e. The normalized spacial score (nSPS) is 36.7. The van der Waals surface area contributed by atoms with Crippen LogP contribution in [0.2, 0.25) is 0 Å². The van der Waals surface area contributed by atoms with Crippen LogP contribution < -0.4 is 5.73 Å². The van der Waals surface area contributed by atoms with Gasteiger partial charge in [-0.15, -0.1) is 0 Å². The summed E-state index contributed by atoms with van der Waals surface area (Å²) in [5.74, 6) is 0.734. The van der Waals surface area contributed by atoms with Gasteiger partial charge in [-0.1, -0.05) is 0 Å². The first kappa shape index (κ1) is 12.5. The van der Waals surface area contributed by atoms with Crippen LogP contribution in [0.5, 0.6) is 0 Å². The quantitative estimate of drug-likeness (QED) is 0.782. The van der Waals surface area contributed by atoms with Gasteiger partial charge in [0.1, 0.15) is 0 Å². The van der Waals surface area contributed by atoms with Crippen molar-refractivity contribution in [1.82, 2.24) is 0 Å². The number of ether oxygens (including phenoxy) is 2. The molecule has 0 saturated carbocycles. The molecule has 0 aliphatic carbocycles. The second-order valence-corrected chi connectivity index (χ2v) is 6.51. The molecule has 1 spiro atoms. The molecule has 2 aliphatic rings. The fourth-order valence-electron chi connectivity index (χ4n) is 2.46. The summed E-state index contributed by atoms with van der Waals surface area (Å²) in [6, 6.07) is 0. The van der Waals surface area contributed by atoms with E-state index in [1.807, 2.05) is 0 Å². The van der Waals surface area contributed by atoms with Crippen LogP contribution in [0.1, 0.15) is 25.7 Å². The molecule has 3 atom stereocenters. The lowest BCUT2D eigenvalue weighted by Crippen LogP contribution is -2.44. The summed E-state index contributed by atoms with van der Waals surface area (Å²) in [6.07, 6.45) is 3.62. The molecule has 16 heavy (non-hydrogen) atoms. The van der Waals surface area contributed by atoms with Crippen LogP contribution in [0, 0.1) is 0 Å². The van der Waals surface area contributed by atoms with Gasteiger partial charge in [-0.25, -0.2) is 0 Å². The lowest BCUT2D eigenvalue weighted by Gasteiger charge is -2.36. The smallest absolute Gasteiger partial charge is 0.0948 e. The van der Waals surface area contributed by atoms with Crippen LogP contribution in [-0.4, -0.2) is 47.2 Å². The molecule has 2 fully saturated rings. The van der Waals surface area contributed by atoms with E-state index in [9.17, 15) is 4.21 Å². The van der Waals surface area contributed by atoms with Crippen molar-refractivity contribution in [3.05, 3.63) is 0 Å². The molecule has 0 aromatic carbocycles. The number of nitrogens with two attached hydrogens (primary N) is 1. The van der Waals surface area contributed by atoms with E-state index in [2.05, 4.69) is 0 Å². The van der Waals surface area contributed by atoms with E-state index in [-0.39, 0.29) is 10.9 Å². The Morgan fingerprint density at radius 3 is 3.00 bits per heavy atom. The second-order valence-electron chi connectivity index (χ2n) is 4.68. The molecule has 2 rings (SSSR count). The number of rotatable bonds is 4. The Morgan fingerprint density at radius 1 is 1.44 bits per heavy atom. The van der Waals surface area contributed by atoms with Gasteiger partial charge in [0.15, 0.2) is 0 Å². The maximum absolute atomic E-state index is 12.1. The highest BCUT2D eigenvalue weighted by atomic mass is 32.2. The van der Waals surface area contributed by atoms with Crippen molar-refractivity contribution in [3.8, 4) is 0 Å². The molecule has 0 radical (unpaired) electrons. The third-order valence-corrected chi connectivity index (χ3v) is 5.27. The Kier molecular flexibility index (Phi) is 4.35. The molecule has 2 aliphatic heterocycles. The maximum atomic E-state index is 12.1. The molecule has 3 unspecified atom stereocenters. The van der Waals surface area contributed by atoms with Crippen molar-refractivity contribution in [2.75, 3.05) is 32.1 Å². The summed E-state index contributed by atoms with van der Waals surface area (Å²) in [5.41, 5.74) is 5.32. The van der Waals surface area contributed by atoms with Crippen molar-refractivity contribution in [2.45, 2.75) is 36.5 Å². The van der Waals surface area contributed by atoms with Gasteiger partial charge in [-0.3, -0.25) is 4.21 Å². The van der Waals surface area contributed by atoms with Gasteiger partial charge in [0.05, 0.1) is 12.2 Å². The van der Waals surface area contributed by atoms with Crippen molar-refractivity contribution in [1.29, 1.82) is 0 Å². The number of hydrogen-bond donors (Lipinski definition) is 1. The molecule has 0 aromatic heterocycles. The van der Waals surface area contributed by atoms with Gasteiger partial charge in [-0.05, 0) is 25.8 Å². The van der Waals surface area contributed by atoms with Gasteiger partial charge in [0, 0.05) is 41.4 Å². The Balaban J connectivity index is 1.88. The summed E-state index contributed by atoms with van der Waals surface area (Å²) in [5, 5.41) is 0.280. The first-order valence-electron chi connectivity index (χ1n) is 6.05. The average Bonchev–Trinajstić information content (AvgIpc) is 2.74. The molecule has 0 bridgehead atoms. The van der Waals surface area contributed by atoms with Crippen LogP contribution in [0.25, 0.3) is 0 Å². The van der Waals surface area contributed by atoms with E-state index in [0.717, 1.165) is 44.6 Å². The zero-order chi connectivity index (χ0) is 11.4. The summed E-state index contributed by atoms with van der Waals surface area (Å²) >= 11 is 0. The maximum Gasteiger partial charge on any atom is 0.0948 e. The molecule has 0 aromatic rings. The van der Waals surface area contributed by atoms with Crippen LogP contribution in [0.15, 0.2) is 0 Å². The number of hydrogen-bond acceptors (Lipinski definition) is 4. The zero-order valence-corrected chi connectivity index (χ0v) is 10.5. The highest BCUT2D eigenvalue weighted by Crippen LogP contribution is 2.34. The minimum absolute atomic E-state index is 0.124. The summed E-state index contributed by atoms with van der Waals surface area (Å²) in [4.78, 5) is 0. The first-order valence-corrected chi connectivity index (χ1v) is 7.43. The fourth-order valence-corrected chi connectivity index (χ4v) is 4.10. The van der Waals surface area contributed by atoms with Crippen molar-refractivity contribution < 1.29 is 13.7 Å². The minimum atomic E-state index is -0.744. The van der Waals surface area contributed by atoms with Crippen LogP contribution in [-0.2, 0) is 20.3 Å². The summed E-state index contributed by atoms with van der Waals surface area (Å²) in [6.45, 7) is 2.81. The van der Waals surface area contributed by atoms with E-state index >= 15 is 0 Å². The monoisotopic (exact) mass is 247 g/mol. The van der Waals surface area contributed by atoms with Gasteiger partial charge in [0.25, 0.3) is 0 Å². The van der Waals surface area contributed by atoms with E-state index in [1.165, 1.54) is 0 Å². The van der Waals surface area contributed by atoms with Crippen molar-refractivity contribution >= 4 is 10.8 Å². The highest BCUT2D eigenvalue weighted by molar-refractivity contribution is 7.85. The molecule has 0 amide bonds. The second kappa shape index (κ2) is 5.58. The van der Waals surface area contributed by atoms with Crippen LogP contribution in [0.3, 0.4) is 0 Å². The SMILES string of the molecule is NCCCS(=O)C1CCOC2(CCOC2)C1. The van der Waals surface area contributed by atoms with E-state index < -0.39 is 10.8 Å². The molecule has 5 heteroatoms. The van der Waals surface area contributed by atoms with E-state index in [0.29, 0.717) is 13.2 Å². The topological polar surface area (TPSA) is 61.6 Å². The van der Waals surface area contributed by atoms with Gasteiger partial charge < -0.3 is 15.2 Å². The van der Waals surface area contributed by atoms with E-state index in [1.54, 1.807) is 0 Å². The van der Waals surface area contributed by atoms with Crippen LogP contribution in [0.4, 0.5) is 0 Å². The van der Waals surface area contributed by atoms with Crippen molar-refractivity contribution in [2.24, 2.45) is 5.73 Å². The predicted molar refractivity (Wildman–Crippen MR) is 63.8 cm³/mol. The molecule has 4 nitrogen and oxygen atoms in total. The molecule has 2 saturated heterocycles. The van der Waals surface area contributed by atoms with Gasteiger partial charge in [0.2, 0.25) is 0 Å². The lowest BCUT2D eigenvalue weighted by atomic mass is 9.93. The first-order chi connectivity index (χ1) is 7.76. The molecular weight excluding hydrogens is 226 g/mol. The van der Waals surface area contributed by atoms with Gasteiger partial charge in [-0.2, -0.15) is 0 Å². The lowest BCUT2D eigenvalue weighted by molar-refractivity contribution is -0.0774. The standard InChI is InChI=1S/C11H21NO3S/c12-4-1-7-16(13)10-2-5-15-11(8-10)3-6-14-9-11/h10H,1-9,12H2. The third-order valence-electron chi connectivity index (χ3n) is 3.44. The average molecular weight is 247 g/mol. The summed E-state index contributed by atoms with van der Waals surface area (Å²) in [7, 11) is -0.744. The molecule has 94 valence electrons. The zero-order valence-electron chi connectivity index (χ0n) is 9.65. The Hall–Kier alpha value is 0.0300. The van der Waals surface area contributed by atoms with Crippen LogP contribution >= 0.6 is 0 Å². The Labute approximate surface area is 99.3 Å². The molecule has 2 N–H and O–H groups in total. The Bertz CT molecular complexity index is 254. The molecule has 2 heterocycles. The molecular formula is C11H21NO3S. The largest absolute Gasteiger partial charge is 0.378 e. The third kappa shape index (κ3) is 2.83. The highest BCUT2D eigenvalue weighted by Gasteiger charge is 2.42.